The Bertz CT molecular complexity index is 103. The molecular formula is C3H8BCl2NO4. The van der Waals surface area contributed by atoms with Gasteiger partial charge in [0.1, 0.15) is 0 Å². The Balaban J connectivity index is 0. The average molecular weight is 204 g/mol. The second-order valence-corrected chi connectivity index (χ2v) is 2.30. The van der Waals surface area contributed by atoms with Crippen LogP contribution >= 0.6 is 23.6 Å². The Hall–Kier alpha value is -0.00506. The molecule has 0 heterocycles. The van der Waals surface area contributed by atoms with Crippen LogP contribution in [0.25, 0.3) is 0 Å². The molecule has 0 radical (unpaired) electrons. The van der Waals surface area contributed by atoms with Gasteiger partial charge in [0, 0.05) is 6.54 Å². The zero-order valence-corrected chi connectivity index (χ0v) is 7.09. The van der Waals surface area contributed by atoms with Crippen LogP contribution in [0.4, 0.5) is 0 Å². The van der Waals surface area contributed by atoms with Gasteiger partial charge in [-0.1, -0.05) is 0 Å². The summed E-state index contributed by atoms with van der Waals surface area (Å²) in [7, 11) is -0.750. The normalized spacial score (nSPS) is 8.45. The van der Waals surface area contributed by atoms with Crippen LogP contribution in [0.5, 0.6) is 0 Å². The van der Waals surface area contributed by atoms with Crippen LogP contribution in [0.15, 0.2) is 0 Å². The summed E-state index contributed by atoms with van der Waals surface area (Å²) < 4.78 is 0.786. The van der Waals surface area contributed by atoms with Crippen molar-refractivity contribution in [1.29, 1.82) is 0 Å². The third-order valence-corrected chi connectivity index (χ3v) is 0.833. The Kier molecular flexibility index (Phi) is 12.3. The van der Waals surface area contributed by atoms with E-state index in [2.05, 4.69) is 0 Å². The fourth-order valence-corrected chi connectivity index (χ4v) is 0.349. The molecule has 0 rings (SSSR count). The summed E-state index contributed by atoms with van der Waals surface area (Å²) in [6, 6.07) is 0. The van der Waals surface area contributed by atoms with Crippen LogP contribution in [0.1, 0.15) is 6.42 Å². The molecule has 5 nitrogen and oxygen atoms in total. The number of rotatable bonds is 3. The highest BCUT2D eigenvalue weighted by molar-refractivity contribution is 6.33. The molecule has 0 atom stereocenters. The molecule has 0 aromatic rings. The predicted octanol–water partition coefficient (Wildman–Crippen LogP) is -0.692. The van der Waals surface area contributed by atoms with E-state index in [9.17, 15) is 4.79 Å². The van der Waals surface area contributed by atoms with E-state index in [-0.39, 0.29) is 13.0 Å². The number of carbonyl (C=O) groups is 1. The van der Waals surface area contributed by atoms with Gasteiger partial charge in [0.25, 0.3) is 0 Å². The second-order valence-electron chi connectivity index (χ2n) is 1.31. The molecule has 0 aliphatic carbocycles. The highest BCUT2D eigenvalue weighted by Gasteiger charge is 1.99. The van der Waals surface area contributed by atoms with Crippen LogP contribution in [0.3, 0.4) is 0 Å². The fourth-order valence-electron chi connectivity index (χ4n) is 0.180. The molecule has 0 bridgehead atoms. The van der Waals surface area contributed by atoms with Crippen molar-refractivity contribution >= 4 is 37.2 Å². The second kappa shape index (κ2) is 9.99. The van der Waals surface area contributed by atoms with Gasteiger partial charge < -0.3 is 15.2 Å². The average Bonchev–Trinajstić information content (AvgIpc) is 1.85. The largest absolute Gasteiger partial charge is 0.481 e. The minimum Gasteiger partial charge on any atom is -0.481 e. The number of carboxylic acid groups (broad SMARTS) is 1. The highest BCUT2D eigenvalue weighted by atomic mass is 35.5. The van der Waals surface area contributed by atoms with Gasteiger partial charge in [0.2, 0.25) is 0 Å². The monoisotopic (exact) mass is 203 g/mol. The van der Waals surface area contributed by atoms with Crippen molar-refractivity contribution in [3.8, 4) is 0 Å². The van der Waals surface area contributed by atoms with Crippen molar-refractivity contribution in [2.45, 2.75) is 6.42 Å². The maximum absolute atomic E-state index is 9.76. The third kappa shape index (κ3) is 25.6. The van der Waals surface area contributed by atoms with Crippen LogP contribution in [0.2, 0.25) is 0 Å². The standard InChI is InChI=1S/C3H5Cl2NO2.BH3O2/c4-6(5)2-1-3(7)8;2-1-3/h1-2H2,(H,7,8);1-3H. The van der Waals surface area contributed by atoms with Crippen molar-refractivity contribution in [2.24, 2.45) is 0 Å². The lowest BCUT2D eigenvalue weighted by atomic mass is 10.5. The quantitative estimate of drug-likeness (QED) is 0.418. The Labute approximate surface area is 74.7 Å². The Morgan fingerprint density at radius 1 is 1.45 bits per heavy atom. The first kappa shape index (κ1) is 13.6. The molecule has 0 aromatic heterocycles. The summed E-state index contributed by atoms with van der Waals surface area (Å²) in [4.78, 5) is 9.76. The van der Waals surface area contributed by atoms with Crippen molar-refractivity contribution in [3.05, 3.63) is 0 Å². The van der Waals surface area contributed by atoms with Gasteiger partial charge in [0.05, 0.1) is 6.42 Å². The fraction of sp³-hybridized carbons (Fsp3) is 0.667. The number of hydrogen-bond donors (Lipinski definition) is 3. The predicted molar refractivity (Wildman–Crippen MR) is 42.3 cm³/mol. The summed E-state index contributed by atoms with van der Waals surface area (Å²) in [5, 5.41) is 22.3. The van der Waals surface area contributed by atoms with E-state index in [4.69, 9.17) is 38.7 Å². The van der Waals surface area contributed by atoms with Crippen molar-refractivity contribution in [2.75, 3.05) is 6.54 Å². The van der Waals surface area contributed by atoms with Crippen molar-refractivity contribution < 1.29 is 19.9 Å². The molecule has 0 spiro atoms. The van der Waals surface area contributed by atoms with Crippen LogP contribution in [-0.2, 0) is 4.79 Å². The summed E-state index contributed by atoms with van der Waals surface area (Å²) in [6.45, 7) is 0.151. The summed E-state index contributed by atoms with van der Waals surface area (Å²) in [5.41, 5.74) is 0. The molecule has 8 heteroatoms. The van der Waals surface area contributed by atoms with E-state index in [1.54, 1.807) is 0 Å². The number of hydrogen-bond acceptors (Lipinski definition) is 4. The topological polar surface area (TPSA) is 81.0 Å². The Morgan fingerprint density at radius 2 is 1.82 bits per heavy atom. The van der Waals surface area contributed by atoms with Gasteiger partial charge in [-0.2, -0.15) is 0 Å². The molecule has 0 saturated heterocycles. The molecule has 0 aliphatic heterocycles. The van der Waals surface area contributed by atoms with Crippen molar-refractivity contribution in [3.63, 3.8) is 0 Å². The van der Waals surface area contributed by atoms with Crippen molar-refractivity contribution in [1.82, 2.24) is 3.94 Å². The molecule has 0 fully saturated rings. The van der Waals surface area contributed by atoms with Gasteiger partial charge in [-0.25, -0.2) is 0 Å². The maximum Gasteiger partial charge on any atom is 0.432 e. The molecule has 0 aliphatic rings. The highest BCUT2D eigenvalue weighted by Crippen LogP contribution is 1.98. The van der Waals surface area contributed by atoms with E-state index in [0.717, 1.165) is 3.94 Å². The lowest BCUT2D eigenvalue weighted by Crippen LogP contribution is -2.06. The van der Waals surface area contributed by atoms with E-state index in [0.29, 0.717) is 0 Å². The van der Waals surface area contributed by atoms with E-state index >= 15 is 0 Å². The number of halogens is 2. The van der Waals surface area contributed by atoms with Crippen LogP contribution in [-0.4, -0.2) is 39.3 Å². The lowest BCUT2D eigenvalue weighted by Gasteiger charge is -1.97. The first-order valence-electron chi connectivity index (χ1n) is 2.57. The van der Waals surface area contributed by atoms with Gasteiger partial charge in [-0.05, 0) is 23.6 Å². The first-order valence-corrected chi connectivity index (χ1v) is 3.24. The lowest BCUT2D eigenvalue weighted by molar-refractivity contribution is -0.137. The Morgan fingerprint density at radius 3 is 1.91 bits per heavy atom. The molecule has 0 amide bonds. The minimum absolute atomic E-state index is 0.0347. The summed E-state index contributed by atoms with van der Waals surface area (Å²) in [5.74, 6) is -0.906. The smallest absolute Gasteiger partial charge is 0.432 e. The zero-order chi connectivity index (χ0) is 9.28. The van der Waals surface area contributed by atoms with Gasteiger partial charge in [0.15, 0.2) is 0 Å². The van der Waals surface area contributed by atoms with Gasteiger partial charge >= 0.3 is 13.7 Å². The molecule has 0 aromatic carbocycles. The molecule has 11 heavy (non-hydrogen) atoms. The van der Waals surface area contributed by atoms with Gasteiger partial charge in [-0.15, -0.1) is 3.94 Å². The molecule has 3 N–H and O–H groups in total. The molecule has 0 unspecified atom stereocenters. The number of nitrogens with zero attached hydrogens (tertiary/aromatic N) is 1. The SMILES string of the molecule is O=C(O)CCN(Cl)Cl.OBO. The maximum atomic E-state index is 9.76. The summed E-state index contributed by atoms with van der Waals surface area (Å²) in [6.07, 6.45) is -0.0347. The van der Waals surface area contributed by atoms with E-state index in [1.165, 1.54) is 0 Å². The van der Waals surface area contributed by atoms with Crippen LogP contribution in [0, 0.1) is 0 Å². The van der Waals surface area contributed by atoms with E-state index < -0.39 is 13.7 Å². The third-order valence-electron chi connectivity index (χ3n) is 0.495. The minimum atomic E-state index is -0.906. The molecule has 0 saturated carbocycles. The van der Waals surface area contributed by atoms with Gasteiger partial charge in [-0.3, -0.25) is 4.79 Å². The van der Waals surface area contributed by atoms with E-state index in [1.807, 2.05) is 0 Å². The molecule has 66 valence electrons. The van der Waals surface area contributed by atoms with Crippen LogP contribution < -0.4 is 0 Å². The zero-order valence-electron chi connectivity index (χ0n) is 5.57. The molecular weight excluding hydrogens is 196 g/mol. The first-order chi connectivity index (χ1) is 5.04. The number of carboxylic acids is 1. The number of aliphatic carboxylic acids is 1. The summed E-state index contributed by atoms with van der Waals surface area (Å²) >= 11 is 10.1.